The highest BCUT2D eigenvalue weighted by Gasteiger charge is 2.15. The average Bonchev–Trinajstić information content (AvgIpc) is 2.31. The summed E-state index contributed by atoms with van der Waals surface area (Å²) < 4.78 is 28.6. The lowest BCUT2D eigenvalue weighted by atomic mass is 10.2. The van der Waals surface area contributed by atoms with Gasteiger partial charge in [-0.05, 0) is 18.6 Å². The van der Waals surface area contributed by atoms with Crippen molar-refractivity contribution in [1.29, 1.82) is 0 Å². The minimum absolute atomic E-state index is 0.105. The van der Waals surface area contributed by atoms with Crippen LogP contribution in [0.2, 0.25) is 0 Å². The van der Waals surface area contributed by atoms with Crippen LogP contribution in [0.15, 0.2) is 36.9 Å². The molecule has 1 atom stereocenters. The number of nitrogens with two attached hydrogens (primary N) is 1. The van der Waals surface area contributed by atoms with Crippen LogP contribution in [0.25, 0.3) is 0 Å². The third kappa shape index (κ3) is 4.14. The zero-order chi connectivity index (χ0) is 13.5. The van der Waals surface area contributed by atoms with Crippen molar-refractivity contribution in [3.05, 3.63) is 36.9 Å². The Kier molecular flexibility index (Phi) is 5.26. The van der Waals surface area contributed by atoms with Crippen molar-refractivity contribution in [3.8, 4) is 5.75 Å². The van der Waals surface area contributed by atoms with Crippen LogP contribution in [0.4, 0.5) is 14.5 Å². The summed E-state index contributed by atoms with van der Waals surface area (Å²) in [7, 11) is 0. The highest BCUT2D eigenvalue weighted by Crippen LogP contribution is 2.25. The number of benzene rings is 1. The molecule has 0 aliphatic heterocycles. The summed E-state index contributed by atoms with van der Waals surface area (Å²) in [6.45, 7) is 0.509. The molecule has 3 N–H and O–H groups in total. The first-order chi connectivity index (χ1) is 8.54. The van der Waals surface area contributed by atoms with Crippen molar-refractivity contribution in [2.45, 2.75) is 19.1 Å². The lowest BCUT2D eigenvalue weighted by Gasteiger charge is -2.14. The number of hydrogen-bond donors (Lipinski definition) is 2. The Balaban J connectivity index is 2.77. The van der Waals surface area contributed by atoms with Gasteiger partial charge in [-0.1, -0.05) is 18.2 Å². The molecule has 0 bridgehead atoms. The van der Waals surface area contributed by atoms with E-state index in [-0.39, 0.29) is 11.4 Å². The summed E-state index contributed by atoms with van der Waals surface area (Å²) in [6, 6.07) is 5.13. The van der Waals surface area contributed by atoms with Crippen LogP contribution in [-0.4, -0.2) is 18.6 Å². The fourth-order valence-electron chi connectivity index (χ4n) is 1.28. The largest absolute Gasteiger partial charge is 0.433 e. The second kappa shape index (κ2) is 6.70. The maximum atomic E-state index is 12.1. The fraction of sp³-hybridized carbons (Fsp3) is 0.250. The number of amides is 1. The molecule has 1 unspecified atom stereocenters. The first-order valence-corrected chi connectivity index (χ1v) is 5.25. The van der Waals surface area contributed by atoms with Gasteiger partial charge in [0, 0.05) is 0 Å². The maximum Gasteiger partial charge on any atom is 0.387 e. The van der Waals surface area contributed by atoms with Crippen molar-refractivity contribution in [3.63, 3.8) is 0 Å². The van der Waals surface area contributed by atoms with E-state index in [0.717, 1.165) is 0 Å². The van der Waals surface area contributed by atoms with E-state index >= 15 is 0 Å². The molecule has 0 aromatic heterocycles. The third-order valence-corrected chi connectivity index (χ3v) is 2.12. The Morgan fingerprint density at radius 2 is 2.17 bits per heavy atom. The van der Waals surface area contributed by atoms with Gasteiger partial charge in [-0.25, -0.2) is 0 Å². The lowest BCUT2D eigenvalue weighted by Crippen LogP contribution is -2.35. The van der Waals surface area contributed by atoms with Crippen molar-refractivity contribution in [2.75, 3.05) is 5.32 Å². The molecule has 0 fully saturated rings. The Hall–Kier alpha value is -1.95. The van der Waals surface area contributed by atoms with Gasteiger partial charge in [0.15, 0.2) is 0 Å². The van der Waals surface area contributed by atoms with Crippen LogP contribution in [-0.2, 0) is 4.79 Å². The van der Waals surface area contributed by atoms with Gasteiger partial charge in [0.1, 0.15) is 5.75 Å². The molecule has 1 aromatic carbocycles. The Morgan fingerprint density at radius 3 is 2.78 bits per heavy atom. The lowest BCUT2D eigenvalue weighted by molar-refractivity contribution is -0.117. The Bertz CT molecular complexity index is 424. The van der Waals surface area contributed by atoms with Crippen molar-refractivity contribution >= 4 is 11.6 Å². The van der Waals surface area contributed by atoms with Crippen LogP contribution in [0.5, 0.6) is 5.75 Å². The molecule has 0 saturated carbocycles. The quantitative estimate of drug-likeness (QED) is 0.766. The molecule has 0 radical (unpaired) electrons. The Labute approximate surface area is 103 Å². The van der Waals surface area contributed by atoms with Crippen LogP contribution >= 0.6 is 0 Å². The van der Waals surface area contributed by atoms with Gasteiger partial charge >= 0.3 is 6.61 Å². The van der Waals surface area contributed by atoms with Crippen LogP contribution < -0.4 is 15.8 Å². The molecule has 6 heteroatoms. The number of carbonyl (C=O) groups is 1. The topological polar surface area (TPSA) is 64.4 Å². The summed E-state index contributed by atoms with van der Waals surface area (Å²) in [5.41, 5.74) is 5.71. The smallest absolute Gasteiger partial charge is 0.387 e. The van der Waals surface area contributed by atoms with E-state index in [1.807, 2.05) is 0 Å². The van der Waals surface area contributed by atoms with E-state index in [1.54, 1.807) is 6.07 Å². The van der Waals surface area contributed by atoms with E-state index in [0.29, 0.717) is 6.42 Å². The molecule has 1 amide bonds. The summed E-state index contributed by atoms with van der Waals surface area (Å²) in [5, 5.41) is 2.43. The normalized spacial score (nSPS) is 12.0. The number of nitrogens with one attached hydrogen (secondary N) is 1. The molecule has 0 aliphatic rings. The van der Waals surface area contributed by atoms with Crippen LogP contribution in [0.1, 0.15) is 6.42 Å². The monoisotopic (exact) mass is 256 g/mol. The van der Waals surface area contributed by atoms with Gasteiger partial charge in [0.2, 0.25) is 5.91 Å². The standard InChI is InChI=1S/C12H14F2N2O2/c1-2-5-8(15)11(17)16-9-6-3-4-7-10(9)18-12(13)14/h2-4,6-8,12H,1,5,15H2,(H,16,17). The van der Waals surface area contributed by atoms with E-state index in [4.69, 9.17) is 5.73 Å². The van der Waals surface area contributed by atoms with Crippen LogP contribution in [0, 0.1) is 0 Å². The summed E-state index contributed by atoms with van der Waals surface area (Å²) in [5.74, 6) is -0.591. The van der Waals surface area contributed by atoms with Gasteiger partial charge in [0.25, 0.3) is 0 Å². The van der Waals surface area contributed by atoms with Crippen molar-refractivity contribution in [2.24, 2.45) is 5.73 Å². The molecule has 1 rings (SSSR count). The van der Waals surface area contributed by atoms with Gasteiger partial charge in [0.05, 0.1) is 11.7 Å². The summed E-state index contributed by atoms with van der Waals surface area (Å²) >= 11 is 0. The van der Waals surface area contributed by atoms with E-state index < -0.39 is 18.6 Å². The molecular weight excluding hydrogens is 242 g/mol. The Morgan fingerprint density at radius 1 is 1.50 bits per heavy atom. The van der Waals surface area contributed by atoms with Crippen molar-refractivity contribution < 1.29 is 18.3 Å². The van der Waals surface area contributed by atoms with Gasteiger partial charge < -0.3 is 15.8 Å². The maximum absolute atomic E-state index is 12.1. The molecule has 4 nitrogen and oxygen atoms in total. The molecule has 0 spiro atoms. The number of hydrogen-bond acceptors (Lipinski definition) is 3. The number of rotatable bonds is 6. The predicted molar refractivity (Wildman–Crippen MR) is 64.5 cm³/mol. The van der Waals surface area contributed by atoms with E-state index in [2.05, 4.69) is 16.6 Å². The van der Waals surface area contributed by atoms with E-state index in [9.17, 15) is 13.6 Å². The number of carbonyl (C=O) groups excluding carboxylic acids is 1. The van der Waals surface area contributed by atoms with Crippen LogP contribution in [0.3, 0.4) is 0 Å². The van der Waals surface area contributed by atoms with E-state index in [1.165, 1.54) is 24.3 Å². The molecule has 0 aliphatic carbocycles. The fourth-order valence-corrected chi connectivity index (χ4v) is 1.28. The number of para-hydroxylation sites is 2. The molecule has 0 heterocycles. The molecule has 98 valence electrons. The highest BCUT2D eigenvalue weighted by molar-refractivity contribution is 5.96. The molecule has 18 heavy (non-hydrogen) atoms. The van der Waals surface area contributed by atoms with Gasteiger partial charge in [-0.3, -0.25) is 4.79 Å². The number of halogens is 2. The highest BCUT2D eigenvalue weighted by atomic mass is 19.3. The first kappa shape index (κ1) is 14.1. The van der Waals surface area contributed by atoms with Gasteiger partial charge in [-0.15, -0.1) is 6.58 Å². The SMILES string of the molecule is C=CCC(N)C(=O)Nc1ccccc1OC(F)F. The van der Waals surface area contributed by atoms with Gasteiger partial charge in [-0.2, -0.15) is 8.78 Å². The predicted octanol–water partition coefficient (Wildman–Crippen LogP) is 2.13. The van der Waals surface area contributed by atoms with Crippen molar-refractivity contribution in [1.82, 2.24) is 0 Å². The molecule has 1 aromatic rings. The minimum Gasteiger partial charge on any atom is -0.433 e. The summed E-state index contributed by atoms with van der Waals surface area (Å²) in [4.78, 5) is 11.6. The number of alkyl halides is 2. The second-order valence-electron chi connectivity index (χ2n) is 3.49. The molecule has 0 saturated heterocycles. The third-order valence-electron chi connectivity index (χ3n) is 2.12. The second-order valence-corrected chi connectivity index (χ2v) is 3.49. The number of anilines is 1. The molecular formula is C12H14F2N2O2. The summed E-state index contributed by atoms with van der Waals surface area (Å²) in [6.07, 6.45) is 1.80. The average molecular weight is 256 g/mol. The zero-order valence-corrected chi connectivity index (χ0v) is 9.61. The minimum atomic E-state index is -2.95. The zero-order valence-electron chi connectivity index (χ0n) is 9.61. The number of ether oxygens (including phenoxy) is 1. The first-order valence-electron chi connectivity index (χ1n) is 5.25.